The quantitative estimate of drug-likeness (QED) is 0.839. The number of halogens is 1. The predicted octanol–water partition coefficient (Wildman–Crippen LogP) is 0.274. The minimum absolute atomic E-state index is 0.201. The summed E-state index contributed by atoms with van der Waals surface area (Å²) in [7, 11) is 3.79. The van der Waals surface area contributed by atoms with Crippen molar-refractivity contribution < 1.29 is 4.79 Å². The maximum absolute atomic E-state index is 12.1. The van der Waals surface area contributed by atoms with Gasteiger partial charge in [-0.15, -0.1) is 0 Å². The zero-order valence-corrected chi connectivity index (χ0v) is 11.7. The Morgan fingerprint density at radius 1 is 1.28 bits per heavy atom. The molecule has 1 aromatic heterocycles. The number of amides is 1. The molecule has 0 unspecified atom stereocenters. The van der Waals surface area contributed by atoms with E-state index in [-0.39, 0.29) is 5.91 Å². The van der Waals surface area contributed by atoms with Crippen LogP contribution in [0.3, 0.4) is 0 Å². The zero-order valence-electron chi connectivity index (χ0n) is 10.9. The van der Waals surface area contributed by atoms with Gasteiger partial charge in [0.2, 0.25) is 0 Å². The van der Waals surface area contributed by atoms with Crippen molar-refractivity contribution >= 4 is 17.5 Å². The molecule has 7 heteroatoms. The minimum Gasteiger partial charge on any atom is -0.304 e. The molecule has 1 aromatic rings. The molecule has 0 bridgehead atoms. The summed E-state index contributed by atoms with van der Waals surface area (Å²) in [4.78, 5) is 14.4. The second-order valence-corrected chi connectivity index (χ2v) is 4.98. The molecule has 2 heterocycles. The molecule has 1 fully saturated rings. The van der Waals surface area contributed by atoms with E-state index in [1.165, 1.54) is 4.68 Å². The lowest BCUT2D eigenvalue weighted by Gasteiger charge is -2.32. The Hall–Kier alpha value is -1.11. The fourth-order valence-corrected chi connectivity index (χ4v) is 2.24. The van der Waals surface area contributed by atoms with Crippen molar-refractivity contribution in [1.82, 2.24) is 25.1 Å². The first-order valence-corrected chi connectivity index (χ1v) is 6.30. The van der Waals surface area contributed by atoms with Crippen LogP contribution in [0.4, 0.5) is 0 Å². The van der Waals surface area contributed by atoms with Crippen molar-refractivity contribution in [1.29, 1.82) is 0 Å². The normalized spacial score (nSPS) is 18.0. The molecule has 0 atom stereocenters. The molecule has 1 saturated heterocycles. The van der Waals surface area contributed by atoms with E-state index < -0.39 is 0 Å². The van der Waals surface area contributed by atoms with E-state index in [0.717, 1.165) is 26.2 Å². The molecule has 6 nitrogen and oxygen atoms in total. The van der Waals surface area contributed by atoms with Gasteiger partial charge in [0.25, 0.3) is 5.91 Å². The number of carbonyl (C=O) groups excluding carboxylic acids is 1. The van der Waals surface area contributed by atoms with Crippen molar-refractivity contribution in [3.8, 4) is 0 Å². The first-order valence-electron chi connectivity index (χ1n) is 5.92. The lowest BCUT2D eigenvalue weighted by atomic mass is 10.3. The standard InChI is InChI=1S/C11H18ClN5O/c1-8-9(12)10(16(3)13-8)11(18)14-17-6-4-15(2)5-7-17/h4-7H2,1-3H3,(H,14,18). The van der Waals surface area contributed by atoms with Crippen molar-refractivity contribution in [2.24, 2.45) is 7.05 Å². The third kappa shape index (κ3) is 2.66. The highest BCUT2D eigenvalue weighted by molar-refractivity contribution is 6.34. The molecule has 0 saturated carbocycles. The molecule has 1 N–H and O–H groups in total. The summed E-state index contributed by atoms with van der Waals surface area (Å²) in [6.07, 6.45) is 0. The van der Waals surface area contributed by atoms with Crippen LogP contribution in [0, 0.1) is 6.92 Å². The Morgan fingerprint density at radius 2 is 1.89 bits per heavy atom. The Labute approximate surface area is 111 Å². The molecular weight excluding hydrogens is 254 g/mol. The SMILES string of the molecule is Cc1nn(C)c(C(=O)NN2CCN(C)CC2)c1Cl. The monoisotopic (exact) mass is 271 g/mol. The molecule has 1 aliphatic rings. The van der Waals surface area contributed by atoms with Crippen LogP contribution < -0.4 is 5.43 Å². The Bertz CT molecular complexity index is 451. The van der Waals surface area contributed by atoms with Crippen LogP contribution >= 0.6 is 11.6 Å². The van der Waals surface area contributed by atoms with Crippen LogP contribution in [0.5, 0.6) is 0 Å². The maximum atomic E-state index is 12.1. The minimum atomic E-state index is -0.201. The number of aryl methyl sites for hydroxylation is 2. The summed E-state index contributed by atoms with van der Waals surface area (Å²) in [6.45, 7) is 5.30. The molecule has 0 aliphatic carbocycles. The van der Waals surface area contributed by atoms with E-state index in [1.807, 2.05) is 5.01 Å². The van der Waals surface area contributed by atoms with Crippen LogP contribution in [0.25, 0.3) is 0 Å². The number of hydrogen-bond acceptors (Lipinski definition) is 4. The number of hydrogen-bond donors (Lipinski definition) is 1. The molecule has 100 valence electrons. The molecule has 18 heavy (non-hydrogen) atoms. The second-order valence-electron chi connectivity index (χ2n) is 4.60. The molecule has 1 amide bonds. The Balaban J connectivity index is 2.04. The van der Waals surface area contributed by atoms with Crippen LogP contribution in [0.1, 0.15) is 16.2 Å². The molecule has 0 spiro atoms. The number of hydrazine groups is 1. The van der Waals surface area contributed by atoms with Crippen LogP contribution in [-0.2, 0) is 7.05 Å². The molecule has 0 aromatic carbocycles. The summed E-state index contributed by atoms with van der Waals surface area (Å²) in [5.41, 5.74) is 3.95. The van der Waals surface area contributed by atoms with E-state index >= 15 is 0 Å². The average Bonchev–Trinajstić information content (AvgIpc) is 2.56. The van der Waals surface area contributed by atoms with Gasteiger partial charge in [0.1, 0.15) is 5.69 Å². The lowest BCUT2D eigenvalue weighted by molar-refractivity contribution is 0.0654. The first-order chi connectivity index (χ1) is 8.49. The fraction of sp³-hybridized carbons (Fsp3) is 0.636. The highest BCUT2D eigenvalue weighted by atomic mass is 35.5. The summed E-state index contributed by atoms with van der Waals surface area (Å²) in [6, 6.07) is 0. The third-order valence-electron chi connectivity index (χ3n) is 3.13. The van der Waals surface area contributed by atoms with Gasteiger partial charge in [-0.3, -0.25) is 14.9 Å². The number of nitrogens with zero attached hydrogens (tertiary/aromatic N) is 4. The summed E-state index contributed by atoms with van der Waals surface area (Å²) in [5.74, 6) is -0.201. The molecule has 1 aliphatic heterocycles. The smallest absolute Gasteiger partial charge is 0.285 e. The van der Waals surface area contributed by atoms with Gasteiger partial charge in [-0.2, -0.15) is 5.10 Å². The van der Waals surface area contributed by atoms with Gasteiger partial charge in [-0.05, 0) is 14.0 Å². The van der Waals surface area contributed by atoms with Crippen LogP contribution in [0.15, 0.2) is 0 Å². The van der Waals surface area contributed by atoms with Gasteiger partial charge in [0, 0.05) is 33.2 Å². The third-order valence-corrected chi connectivity index (χ3v) is 3.58. The summed E-state index contributed by atoms with van der Waals surface area (Å²) in [5, 5.41) is 6.47. The van der Waals surface area contributed by atoms with Gasteiger partial charge in [-0.1, -0.05) is 11.6 Å². The van der Waals surface area contributed by atoms with Crippen molar-refractivity contribution in [3.63, 3.8) is 0 Å². The van der Waals surface area contributed by atoms with Gasteiger partial charge >= 0.3 is 0 Å². The van der Waals surface area contributed by atoms with E-state index in [1.54, 1.807) is 14.0 Å². The molecule has 2 rings (SSSR count). The largest absolute Gasteiger partial charge is 0.304 e. The fourth-order valence-electron chi connectivity index (χ4n) is 1.99. The van der Waals surface area contributed by atoms with Crippen LogP contribution in [0.2, 0.25) is 5.02 Å². The average molecular weight is 272 g/mol. The molecular formula is C11H18ClN5O. The predicted molar refractivity (Wildman–Crippen MR) is 69.5 cm³/mol. The second kappa shape index (κ2) is 5.26. The van der Waals surface area contributed by atoms with Gasteiger partial charge < -0.3 is 4.90 Å². The van der Waals surface area contributed by atoms with Gasteiger partial charge in [-0.25, -0.2) is 5.01 Å². The molecule has 0 radical (unpaired) electrons. The summed E-state index contributed by atoms with van der Waals surface area (Å²) < 4.78 is 1.52. The van der Waals surface area contributed by atoms with Crippen molar-refractivity contribution in [2.75, 3.05) is 33.2 Å². The van der Waals surface area contributed by atoms with E-state index in [9.17, 15) is 4.79 Å². The van der Waals surface area contributed by atoms with E-state index in [2.05, 4.69) is 22.5 Å². The summed E-state index contributed by atoms with van der Waals surface area (Å²) >= 11 is 6.08. The van der Waals surface area contributed by atoms with E-state index in [0.29, 0.717) is 16.4 Å². The number of carbonyl (C=O) groups is 1. The Morgan fingerprint density at radius 3 is 2.39 bits per heavy atom. The number of piperazine rings is 1. The van der Waals surface area contributed by atoms with Gasteiger partial charge in [0.05, 0.1) is 10.7 Å². The zero-order chi connectivity index (χ0) is 13.3. The first kappa shape index (κ1) is 13.3. The lowest BCUT2D eigenvalue weighted by Crippen LogP contribution is -2.52. The number of rotatable bonds is 2. The number of nitrogens with one attached hydrogen (secondary N) is 1. The highest BCUT2D eigenvalue weighted by Crippen LogP contribution is 2.19. The topological polar surface area (TPSA) is 53.4 Å². The van der Waals surface area contributed by atoms with Crippen molar-refractivity contribution in [2.45, 2.75) is 6.92 Å². The van der Waals surface area contributed by atoms with Crippen molar-refractivity contribution in [3.05, 3.63) is 16.4 Å². The van der Waals surface area contributed by atoms with Gasteiger partial charge in [0.15, 0.2) is 0 Å². The van der Waals surface area contributed by atoms with Crippen LogP contribution in [-0.4, -0.2) is 58.8 Å². The number of likely N-dealkylation sites (N-methyl/N-ethyl adjacent to an activating group) is 1. The van der Waals surface area contributed by atoms with E-state index in [4.69, 9.17) is 11.6 Å². The number of aromatic nitrogens is 2. The Kier molecular flexibility index (Phi) is 3.89. The highest BCUT2D eigenvalue weighted by Gasteiger charge is 2.22. The maximum Gasteiger partial charge on any atom is 0.285 e.